The summed E-state index contributed by atoms with van der Waals surface area (Å²) in [6, 6.07) is 4.19. The van der Waals surface area contributed by atoms with Crippen LogP contribution < -0.4 is 0 Å². The van der Waals surface area contributed by atoms with E-state index < -0.39 is 22.5 Å². The predicted molar refractivity (Wildman–Crippen MR) is 178 cm³/mol. The third-order valence-corrected chi connectivity index (χ3v) is 15.3. The van der Waals surface area contributed by atoms with Crippen LogP contribution in [0.15, 0.2) is 41.3 Å². The third-order valence-electron chi connectivity index (χ3n) is 14.4. The average molecular weight is 638 g/mol. The van der Waals surface area contributed by atoms with Crippen LogP contribution in [0.4, 0.5) is 0 Å². The highest BCUT2D eigenvalue weighted by atomic mass is 32.1. The smallest absolute Gasteiger partial charge is 0.162 e. The number of Topliss-reactive ketones (excluding diaryl/α,β-unsaturated/α-hetero) is 1. The molecule has 7 aliphatic rings. The molecule has 8 rings (SSSR count). The highest BCUT2D eigenvalue weighted by molar-refractivity contribution is 7.09. The van der Waals surface area contributed by atoms with Crippen LogP contribution in [0.2, 0.25) is 0 Å². The molecule has 6 nitrogen and oxygen atoms in total. The van der Waals surface area contributed by atoms with Crippen molar-refractivity contribution in [3.63, 3.8) is 0 Å². The lowest BCUT2D eigenvalue weighted by atomic mass is 9.32. The van der Waals surface area contributed by atoms with E-state index in [4.69, 9.17) is 0 Å². The summed E-state index contributed by atoms with van der Waals surface area (Å²) in [4.78, 5) is 18.2. The van der Waals surface area contributed by atoms with Crippen molar-refractivity contribution in [3.05, 3.63) is 46.2 Å². The second-order valence-corrected chi connectivity index (χ2v) is 17.4. The van der Waals surface area contributed by atoms with Gasteiger partial charge in [-0.3, -0.25) is 9.69 Å². The summed E-state index contributed by atoms with van der Waals surface area (Å²) in [6.45, 7) is 5.95. The number of hydrogen-bond donors (Lipinski definition) is 4. The number of aliphatic hydroxyl groups is 4. The van der Waals surface area contributed by atoms with Gasteiger partial charge in [-0.25, -0.2) is 0 Å². The molecule has 4 fully saturated rings. The van der Waals surface area contributed by atoms with Gasteiger partial charge in [0, 0.05) is 52.2 Å². The second-order valence-electron chi connectivity index (χ2n) is 16.4. The number of ketones is 1. The molecule has 2 bridgehead atoms. The maximum absolute atomic E-state index is 14.7. The monoisotopic (exact) mass is 637 g/mol. The zero-order valence-electron chi connectivity index (χ0n) is 27.4. The van der Waals surface area contributed by atoms with Crippen molar-refractivity contribution in [3.8, 4) is 0 Å². The first-order valence-corrected chi connectivity index (χ1v) is 18.8. The fourth-order valence-corrected chi connectivity index (χ4v) is 12.6. The van der Waals surface area contributed by atoms with E-state index >= 15 is 0 Å². The molecule has 0 aromatic carbocycles. The highest BCUT2D eigenvalue weighted by Gasteiger charge is 2.74. The van der Waals surface area contributed by atoms with E-state index in [1.807, 2.05) is 0 Å². The van der Waals surface area contributed by atoms with Gasteiger partial charge in [-0.15, -0.1) is 11.3 Å². The molecule has 4 saturated carbocycles. The van der Waals surface area contributed by atoms with Crippen molar-refractivity contribution in [1.82, 2.24) is 4.90 Å². The van der Waals surface area contributed by atoms with E-state index in [-0.39, 0.29) is 35.4 Å². The Hall–Kier alpha value is -1.35. The number of rotatable bonds is 10. The molecule has 1 aromatic rings. The maximum atomic E-state index is 14.7. The largest absolute Gasteiger partial charge is 0.394 e. The molecule has 248 valence electrons. The second kappa shape index (κ2) is 11.7. The maximum Gasteiger partial charge on any atom is 0.162 e. The number of fused-ring (bicyclic) bond motifs is 1. The summed E-state index contributed by atoms with van der Waals surface area (Å²) in [5.74, 6) is 0.910. The Morgan fingerprint density at radius 2 is 1.76 bits per heavy atom. The van der Waals surface area contributed by atoms with Crippen molar-refractivity contribution in [2.75, 3.05) is 26.2 Å². The fraction of sp³-hybridized carbons (Fsp3) is 0.763. The number of hydrogen-bond acceptors (Lipinski definition) is 7. The molecular weight excluding hydrogens is 582 g/mol. The highest BCUT2D eigenvalue weighted by Crippen LogP contribution is 2.78. The van der Waals surface area contributed by atoms with E-state index in [9.17, 15) is 25.2 Å². The first kappa shape index (κ1) is 32.2. The molecule has 1 unspecified atom stereocenters. The summed E-state index contributed by atoms with van der Waals surface area (Å²) in [7, 11) is 0. The molecule has 0 saturated heterocycles. The van der Waals surface area contributed by atoms with Gasteiger partial charge >= 0.3 is 0 Å². The Kier molecular flexibility index (Phi) is 8.35. The van der Waals surface area contributed by atoms with Crippen LogP contribution in [0.5, 0.6) is 0 Å². The number of carbonyl (C=O) groups excluding carboxylic acids is 1. The average Bonchev–Trinajstić information content (AvgIpc) is 3.65. The molecule has 0 aliphatic heterocycles. The number of carbonyl (C=O) groups is 1. The Morgan fingerprint density at radius 3 is 2.49 bits per heavy atom. The Balaban J connectivity index is 1.26. The molecule has 9 atom stereocenters. The molecule has 0 radical (unpaired) electrons. The topological polar surface area (TPSA) is 101 Å². The molecule has 7 aliphatic carbocycles. The predicted octanol–water partition coefficient (Wildman–Crippen LogP) is 5.69. The number of allylic oxidation sites excluding steroid dienone is 4. The summed E-state index contributed by atoms with van der Waals surface area (Å²) >= 11 is 1.73. The number of aliphatic hydroxyl groups excluding tert-OH is 3. The van der Waals surface area contributed by atoms with Gasteiger partial charge in [-0.2, -0.15) is 0 Å². The van der Waals surface area contributed by atoms with E-state index in [1.165, 1.54) is 11.3 Å². The van der Waals surface area contributed by atoms with Gasteiger partial charge in [0.15, 0.2) is 5.78 Å². The first-order valence-electron chi connectivity index (χ1n) is 17.9. The van der Waals surface area contributed by atoms with E-state index in [0.29, 0.717) is 44.2 Å². The van der Waals surface area contributed by atoms with Gasteiger partial charge in [0.2, 0.25) is 0 Å². The van der Waals surface area contributed by atoms with Crippen molar-refractivity contribution < 1.29 is 25.2 Å². The van der Waals surface area contributed by atoms with Crippen molar-refractivity contribution in [2.45, 2.75) is 115 Å². The minimum atomic E-state index is -0.968. The number of nitrogens with zero attached hydrogens (tertiary/aromatic N) is 1. The van der Waals surface area contributed by atoms with Crippen molar-refractivity contribution in [1.29, 1.82) is 0 Å². The zero-order chi connectivity index (χ0) is 31.7. The van der Waals surface area contributed by atoms with Gasteiger partial charge in [0.05, 0.1) is 24.4 Å². The summed E-state index contributed by atoms with van der Waals surface area (Å²) < 4.78 is 0. The normalized spacial score (nSPS) is 43.1. The number of thiophene rings is 1. The van der Waals surface area contributed by atoms with E-state index in [0.717, 1.165) is 69.8 Å². The minimum Gasteiger partial charge on any atom is -0.394 e. The quantitative estimate of drug-likeness (QED) is 0.246. The minimum absolute atomic E-state index is 0.0165. The molecule has 7 heteroatoms. The van der Waals surface area contributed by atoms with Gasteiger partial charge in [0.1, 0.15) is 0 Å². The van der Waals surface area contributed by atoms with Gasteiger partial charge in [-0.1, -0.05) is 57.4 Å². The van der Waals surface area contributed by atoms with Crippen LogP contribution in [-0.4, -0.2) is 75.2 Å². The molecule has 2 spiro atoms. The molecule has 4 N–H and O–H groups in total. The Labute approximate surface area is 273 Å². The van der Waals surface area contributed by atoms with Crippen LogP contribution in [0, 0.1) is 39.4 Å². The Morgan fingerprint density at radius 1 is 1.02 bits per heavy atom. The van der Waals surface area contributed by atoms with Crippen LogP contribution in [0.1, 0.15) is 95.8 Å². The molecule has 1 heterocycles. The van der Waals surface area contributed by atoms with E-state index in [2.05, 4.69) is 54.5 Å². The lowest BCUT2D eigenvalue weighted by Gasteiger charge is -2.71. The van der Waals surface area contributed by atoms with Crippen LogP contribution in [0.25, 0.3) is 0 Å². The molecule has 45 heavy (non-hydrogen) atoms. The fourth-order valence-electron chi connectivity index (χ4n) is 11.9. The first-order chi connectivity index (χ1) is 21.5. The van der Waals surface area contributed by atoms with E-state index in [1.54, 1.807) is 11.3 Å². The van der Waals surface area contributed by atoms with Crippen molar-refractivity contribution >= 4 is 17.1 Å². The lowest BCUT2D eigenvalue weighted by molar-refractivity contribution is -0.180. The van der Waals surface area contributed by atoms with Crippen LogP contribution in [0.3, 0.4) is 0 Å². The molecule has 0 amide bonds. The molecular formula is C38H55NO5S. The third kappa shape index (κ3) is 4.84. The molecule has 1 aromatic heterocycles. The van der Waals surface area contributed by atoms with Gasteiger partial charge < -0.3 is 20.4 Å². The van der Waals surface area contributed by atoms with Gasteiger partial charge in [-0.05, 0) is 92.9 Å². The summed E-state index contributed by atoms with van der Waals surface area (Å²) in [6.07, 6.45) is 18.2. The Bertz CT molecular complexity index is 1320. The summed E-state index contributed by atoms with van der Waals surface area (Å²) in [5, 5.41) is 46.1. The SMILES string of the molecule is C[C@]12CC[C@H]3[C@]4(C=C[C@@]5(C=C4C(=O)C4CCCCC4)CC(O)CC[C@]35C)[C@@H]1CC[C@@]2(O)CN(CCc1cccs1)C[C@H](O)CO. The lowest BCUT2D eigenvalue weighted by Crippen LogP contribution is -2.67. The van der Waals surface area contributed by atoms with Crippen molar-refractivity contribution in [2.24, 2.45) is 39.4 Å². The van der Waals surface area contributed by atoms with Crippen LogP contribution in [-0.2, 0) is 11.2 Å². The van der Waals surface area contributed by atoms with Gasteiger partial charge in [0.25, 0.3) is 0 Å². The standard InChI is InChI=1S/C38H55NO5S/c1-34-14-10-27(41)21-36(34)17-18-38(30(22-36)33(43)26-7-4-3-5-8-26)31(34)11-15-35(2)32(38)12-16-37(35,44)25-39(23-28(42)24-40)19-13-29-9-6-20-45-29/h6,9,17-18,20,22,26-28,31-32,40-42,44H,3-5,7-8,10-16,19,21,23-25H2,1-2H3/t27?,28-,31+,32+,34+,35-,36-,37+,38+/m0/s1. The zero-order valence-corrected chi connectivity index (χ0v) is 28.2. The van der Waals surface area contributed by atoms with Crippen LogP contribution >= 0.6 is 11.3 Å². The summed E-state index contributed by atoms with van der Waals surface area (Å²) in [5.41, 5.74) is -1.02.